The topological polar surface area (TPSA) is 70.8 Å². The lowest BCUT2D eigenvalue weighted by Gasteiger charge is -2.37. The number of piperazine rings is 1. The van der Waals surface area contributed by atoms with Crippen molar-refractivity contribution >= 4 is 29.9 Å². The summed E-state index contributed by atoms with van der Waals surface area (Å²) < 4.78 is 7.80. The molecule has 0 bridgehead atoms. The van der Waals surface area contributed by atoms with Gasteiger partial charge in [-0.25, -0.2) is 4.99 Å². The third-order valence-electron chi connectivity index (χ3n) is 6.23. The molecule has 2 aliphatic rings. The molecule has 0 aliphatic carbocycles. The van der Waals surface area contributed by atoms with E-state index in [0.29, 0.717) is 6.54 Å². The fraction of sp³-hybridized carbons (Fsp3) is 0.609. The second-order valence-corrected chi connectivity index (χ2v) is 8.63. The fourth-order valence-corrected chi connectivity index (χ4v) is 4.20. The summed E-state index contributed by atoms with van der Waals surface area (Å²) in [5.41, 5.74) is 2.71. The van der Waals surface area contributed by atoms with Crippen LogP contribution in [0.1, 0.15) is 35.6 Å². The van der Waals surface area contributed by atoms with Gasteiger partial charge < -0.3 is 19.5 Å². The van der Waals surface area contributed by atoms with E-state index in [9.17, 15) is 0 Å². The maximum absolute atomic E-state index is 5.80. The summed E-state index contributed by atoms with van der Waals surface area (Å²) in [5, 5.41) is 12.0. The van der Waals surface area contributed by atoms with Crippen LogP contribution in [0.4, 0.5) is 0 Å². The van der Waals surface area contributed by atoms with Gasteiger partial charge in [-0.3, -0.25) is 4.90 Å². The molecule has 32 heavy (non-hydrogen) atoms. The van der Waals surface area contributed by atoms with E-state index < -0.39 is 0 Å². The van der Waals surface area contributed by atoms with E-state index in [0.717, 1.165) is 76.3 Å². The number of hydrogen-bond donors (Lipinski definition) is 1. The third-order valence-corrected chi connectivity index (χ3v) is 6.23. The quantitative estimate of drug-likeness (QED) is 0.337. The fourth-order valence-electron chi connectivity index (χ4n) is 4.20. The van der Waals surface area contributed by atoms with Gasteiger partial charge in [0.15, 0.2) is 11.8 Å². The van der Waals surface area contributed by atoms with Gasteiger partial charge in [-0.1, -0.05) is 29.8 Å². The summed E-state index contributed by atoms with van der Waals surface area (Å²) in [6, 6.07) is 8.81. The van der Waals surface area contributed by atoms with Crippen LogP contribution in [0, 0.1) is 13.8 Å². The van der Waals surface area contributed by atoms with Crippen LogP contribution < -0.4 is 5.32 Å². The molecule has 2 aromatic rings. The predicted molar refractivity (Wildman–Crippen MR) is 137 cm³/mol. The molecule has 9 heteroatoms. The van der Waals surface area contributed by atoms with Gasteiger partial charge in [0.05, 0.1) is 6.10 Å². The Morgan fingerprint density at radius 2 is 2.00 bits per heavy atom. The molecule has 176 valence electrons. The summed E-state index contributed by atoms with van der Waals surface area (Å²) in [6.07, 6.45) is 2.55. The second kappa shape index (κ2) is 11.9. The van der Waals surface area contributed by atoms with E-state index in [1.807, 2.05) is 18.5 Å². The molecule has 0 spiro atoms. The van der Waals surface area contributed by atoms with Crippen LogP contribution in [-0.4, -0.2) is 76.0 Å². The number of aromatic nitrogens is 3. The molecule has 1 unspecified atom stereocenters. The lowest BCUT2D eigenvalue weighted by molar-refractivity contribution is 0.112. The molecular weight excluding hydrogens is 517 g/mol. The molecule has 2 fully saturated rings. The molecule has 8 nitrogen and oxygen atoms in total. The van der Waals surface area contributed by atoms with Crippen LogP contribution in [0.5, 0.6) is 0 Å². The van der Waals surface area contributed by atoms with Crippen LogP contribution in [0.3, 0.4) is 0 Å². The van der Waals surface area contributed by atoms with Gasteiger partial charge in [-0.05, 0) is 32.3 Å². The van der Waals surface area contributed by atoms with Crippen LogP contribution in [-0.2, 0) is 24.9 Å². The van der Waals surface area contributed by atoms with Crippen LogP contribution >= 0.6 is 24.0 Å². The minimum atomic E-state index is 0. The van der Waals surface area contributed by atoms with Crippen LogP contribution in [0.25, 0.3) is 0 Å². The first kappa shape index (κ1) is 24.9. The smallest absolute Gasteiger partial charge is 0.194 e. The number of ether oxygens (including phenoxy) is 1. The molecule has 0 radical (unpaired) electrons. The highest BCUT2D eigenvalue weighted by Gasteiger charge is 2.22. The van der Waals surface area contributed by atoms with Crippen LogP contribution in [0.15, 0.2) is 29.3 Å². The molecule has 2 aliphatic heterocycles. The highest BCUT2D eigenvalue weighted by atomic mass is 127. The van der Waals surface area contributed by atoms with Gasteiger partial charge in [0.1, 0.15) is 12.4 Å². The zero-order valence-corrected chi connectivity index (χ0v) is 21.8. The normalized spacial score (nSPS) is 19.8. The molecular formula is C23H36IN7O. The average Bonchev–Trinajstić information content (AvgIpc) is 3.40. The summed E-state index contributed by atoms with van der Waals surface area (Å²) in [5.74, 6) is 2.74. The van der Waals surface area contributed by atoms with E-state index in [1.165, 1.54) is 11.1 Å². The first-order valence-corrected chi connectivity index (χ1v) is 11.4. The summed E-state index contributed by atoms with van der Waals surface area (Å²) in [6.45, 7) is 11.3. The van der Waals surface area contributed by atoms with E-state index in [2.05, 4.69) is 56.5 Å². The minimum absolute atomic E-state index is 0. The standard InChI is InChI=1S/C23H35N7O.HI/c1-18-6-4-7-20(14-18)17-29-9-11-30(12-10-29)23(24-15-21-8-5-13-31-21)25-16-22-27-26-19(2)28(22)3;/h4,6-7,14,21H,5,8-13,15-17H2,1-3H3,(H,24,25);1H. The summed E-state index contributed by atoms with van der Waals surface area (Å²) in [7, 11) is 1.99. The Hall–Kier alpha value is -1.72. The van der Waals surface area contributed by atoms with Gasteiger partial charge in [0.2, 0.25) is 0 Å². The van der Waals surface area contributed by atoms with Gasteiger partial charge in [0.25, 0.3) is 0 Å². The Labute approximate surface area is 208 Å². The van der Waals surface area contributed by atoms with Crippen molar-refractivity contribution in [1.29, 1.82) is 0 Å². The Kier molecular flexibility index (Phi) is 9.30. The molecule has 1 atom stereocenters. The van der Waals surface area contributed by atoms with E-state index in [-0.39, 0.29) is 30.1 Å². The van der Waals surface area contributed by atoms with Crippen molar-refractivity contribution < 1.29 is 4.74 Å². The highest BCUT2D eigenvalue weighted by molar-refractivity contribution is 14.0. The Morgan fingerprint density at radius 1 is 1.19 bits per heavy atom. The largest absolute Gasteiger partial charge is 0.376 e. The number of benzene rings is 1. The molecule has 3 heterocycles. The Balaban J connectivity index is 0.00000289. The second-order valence-electron chi connectivity index (χ2n) is 8.63. The number of halogens is 1. The number of rotatable bonds is 6. The van der Waals surface area contributed by atoms with Crippen molar-refractivity contribution in [2.24, 2.45) is 12.0 Å². The van der Waals surface area contributed by atoms with Gasteiger partial charge in [-0.2, -0.15) is 0 Å². The average molecular weight is 553 g/mol. The molecule has 0 saturated carbocycles. The zero-order chi connectivity index (χ0) is 21.6. The number of nitrogens with one attached hydrogen (secondary N) is 1. The number of hydrogen-bond acceptors (Lipinski definition) is 5. The molecule has 1 aromatic carbocycles. The van der Waals surface area contributed by atoms with E-state index in [4.69, 9.17) is 9.73 Å². The maximum Gasteiger partial charge on any atom is 0.194 e. The third kappa shape index (κ3) is 6.64. The van der Waals surface area contributed by atoms with Gasteiger partial charge in [-0.15, -0.1) is 34.2 Å². The molecule has 2 saturated heterocycles. The zero-order valence-electron chi connectivity index (χ0n) is 19.5. The lowest BCUT2D eigenvalue weighted by atomic mass is 10.1. The van der Waals surface area contributed by atoms with Gasteiger partial charge >= 0.3 is 0 Å². The molecule has 1 aromatic heterocycles. The summed E-state index contributed by atoms with van der Waals surface area (Å²) in [4.78, 5) is 9.80. The summed E-state index contributed by atoms with van der Waals surface area (Å²) >= 11 is 0. The van der Waals surface area contributed by atoms with Crippen molar-refractivity contribution in [2.45, 2.75) is 45.9 Å². The lowest BCUT2D eigenvalue weighted by Crippen LogP contribution is -2.53. The first-order valence-electron chi connectivity index (χ1n) is 11.4. The van der Waals surface area contributed by atoms with Crippen molar-refractivity contribution in [3.63, 3.8) is 0 Å². The molecule has 4 rings (SSSR count). The number of guanidine groups is 1. The SMILES string of the molecule is Cc1cccc(CN2CCN(C(=NCc3nnc(C)n3C)NCC3CCCO3)CC2)c1.I. The highest BCUT2D eigenvalue weighted by Crippen LogP contribution is 2.13. The predicted octanol–water partition coefficient (Wildman–Crippen LogP) is 2.49. The first-order chi connectivity index (χ1) is 15.1. The monoisotopic (exact) mass is 553 g/mol. The van der Waals surface area contributed by atoms with E-state index in [1.54, 1.807) is 0 Å². The number of nitrogens with zero attached hydrogens (tertiary/aromatic N) is 6. The molecule has 1 N–H and O–H groups in total. The maximum atomic E-state index is 5.80. The van der Waals surface area contributed by atoms with Crippen molar-refractivity contribution in [3.8, 4) is 0 Å². The van der Waals surface area contributed by atoms with Crippen molar-refractivity contribution in [3.05, 3.63) is 47.0 Å². The van der Waals surface area contributed by atoms with Crippen molar-refractivity contribution in [2.75, 3.05) is 39.3 Å². The van der Waals surface area contributed by atoms with Crippen LogP contribution in [0.2, 0.25) is 0 Å². The Morgan fingerprint density at radius 3 is 2.66 bits per heavy atom. The molecule has 0 amide bonds. The number of aryl methyl sites for hydroxylation is 2. The van der Waals surface area contributed by atoms with E-state index >= 15 is 0 Å². The number of aliphatic imine (C=N–C) groups is 1. The van der Waals surface area contributed by atoms with Gasteiger partial charge in [0, 0.05) is 52.9 Å². The Bertz CT molecular complexity index is 886. The minimum Gasteiger partial charge on any atom is -0.376 e. The van der Waals surface area contributed by atoms with Crippen molar-refractivity contribution in [1.82, 2.24) is 29.9 Å².